The second-order valence-electron chi connectivity index (χ2n) is 3.21. The van der Waals surface area contributed by atoms with E-state index in [0.717, 1.165) is 5.56 Å². The van der Waals surface area contributed by atoms with Crippen LogP contribution >= 0.6 is 22.9 Å². The van der Waals surface area contributed by atoms with Gasteiger partial charge in [0, 0.05) is 0 Å². The Morgan fingerprint density at radius 2 is 2.12 bits per heavy atom. The summed E-state index contributed by atoms with van der Waals surface area (Å²) in [5, 5.41) is 0. The summed E-state index contributed by atoms with van der Waals surface area (Å²) in [5.41, 5.74) is 0.977. The van der Waals surface area contributed by atoms with Crippen LogP contribution in [0.3, 0.4) is 0 Å². The standard InChI is InChI=1S/C11H10IN2O2/c12-14-7-6-13(9-14)11(15)16-8-10-4-2-1-3-5-10/h1-7,9H,8H2/q+1. The van der Waals surface area contributed by atoms with Gasteiger partial charge in [-0.15, -0.1) is 4.57 Å². The van der Waals surface area contributed by atoms with E-state index in [9.17, 15) is 4.79 Å². The van der Waals surface area contributed by atoms with Crippen molar-refractivity contribution in [2.45, 2.75) is 6.61 Å². The van der Waals surface area contributed by atoms with Gasteiger partial charge in [-0.3, -0.25) is 0 Å². The van der Waals surface area contributed by atoms with Crippen molar-refractivity contribution in [3.8, 4) is 0 Å². The van der Waals surface area contributed by atoms with Crippen molar-refractivity contribution in [1.29, 1.82) is 0 Å². The largest absolute Gasteiger partial charge is 0.511 e. The van der Waals surface area contributed by atoms with Crippen molar-refractivity contribution >= 4 is 29.0 Å². The number of halogens is 1. The van der Waals surface area contributed by atoms with Crippen LogP contribution in [0.4, 0.5) is 4.79 Å². The summed E-state index contributed by atoms with van der Waals surface area (Å²) in [6.45, 7) is 0.291. The summed E-state index contributed by atoms with van der Waals surface area (Å²) < 4.78 is 8.28. The predicted molar refractivity (Wildman–Crippen MR) is 66.1 cm³/mol. The summed E-state index contributed by atoms with van der Waals surface area (Å²) in [4.78, 5) is 11.6. The molecule has 0 amide bonds. The van der Waals surface area contributed by atoms with Gasteiger partial charge in [-0.1, -0.05) is 30.3 Å². The maximum Gasteiger partial charge on any atom is 0.511 e. The van der Waals surface area contributed by atoms with E-state index in [-0.39, 0.29) is 6.09 Å². The van der Waals surface area contributed by atoms with Crippen LogP contribution in [0.5, 0.6) is 0 Å². The van der Waals surface area contributed by atoms with E-state index in [0.29, 0.717) is 6.61 Å². The third kappa shape index (κ3) is 2.82. The van der Waals surface area contributed by atoms with E-state index < -0.39 is 0 Å². The number of ether oxygens (including phenoxy) is 1. The Morgan fingerprint density at radius 1 is 1.38 bits per heavy atom. The Kier molecular flexibility index (Phi) is 3.55. The summed E-state index contributed by atoms with van der Waals surface area (Å²) in [6.07, 6.45) is 4.69. The molecule has 0 aliphatic rings. The molecule has 2 aromatic rings. The van der Waals surface area contributed by atoms with E-state index in [2.05, 4.69) is 22.9 Å². The molecule has 16 heavy (non-hydrogen) atoms. The van der Waals surface area contributed by atoms with Gasteiger partial charge >= 0.3 is 6.09 Å². The summed E-state index contributed by atoms with van der Waals surface area (Å²) in [7, 11) is 0. The third-order valence-electron chi connectivity index (χ3n) is 2.02. The lowest BCUT2D eigenvalue weighted by Gasteiger charge is -2.00. The van der Waals surface area contributed by atoms with Crippen LogP contribution in [-0.2, 0) is 11.3 Å². The number of rotatable bonds is 2. The fourth-order valence-electron chi connectivity index (χ4n) is 1.23. The van der Waals surface area contributed by atoms with Crippen LogP contribution < -0.4 is 2.78 Å². The molecule has 1 heterocycles. The number of hydrogen-bond donors (Lipinski definition) is 0. The minimum atomic E-state index is -0.376. The average Bonchev–Trinajstić information content (AvgIpc) is 2.74. The zero-order valence-electron chi connectivity index (χ0n) is 8.41. The van der Waals surface area contributed by atoms with Crippen molar-refractivity contribution in [3.05, 3.63) is 54.6 Å². The minimum Gasteiger partial charge on any atom is -0.426 e. The van der Waals surface area contributed by atoms with Gasteiger partial charge in [0.05, 0.1) is 0 Å². The normalized spacial score (nSPS) is 10.1. The maximum atomic E-state index is 11.6. The lowest BCUT2D eigenvalue weighted by Crippen LogP contribution is -2.17. The van der Waals surface area contributed by atoms with Gasteiger partial charge in [-0.25, -0.2) is 0 Å². The quantitative estimate of drug-likeness (QED) is 0.792. The van der Waals surface area contributed by atoms with Crippen LogP contribution in [0.2, 0.25) is 0 Å². The van der Waals surface area contributed by atoms with Crippen LogP contribution in [0.1, 0.15) is 5.56 Å². The highest BCUT2D eigenvalue weighted by Gasteiger charge is 2.13. The predicted octanol–water partition coefficient (Wildman–Crippen LogP) is 2.16. The molecule has 1 aromatic carbocycles. The molecule has 0 bridgehead atoms. The molecule has 0 fully saturated rings. The Balaban J connectivity index is 1.94. The molecule has 0 atom stereocenters. The van der Waals surface area contributed by atoms with Gasteiger partial charge in [-0.2, -0.15) is 7.58 Å². The lowest BCUT2D eigenvalue weighted by atomic mass is 10.2. The van der Waals surface area contributed by atoms with Gasteiger partial charge in [0.25, 0.3) is 6.33 Å². The minimum absolute atomic E-state index is 0.291. The van der Waals surface area contributed by atoms with Crippen molar-refractivity contribution in [1.82, 2.24) is 4.57 Å². The molecule has 0 aliphatic carbocycles. The molecule has 0 aliphatic heterocycles. The lowest BCUT2D eigenvalue weighted by molar-refractivity contribution is -0.439. The highest BCUT2D eigenvalue weighted by molar-refractivity contribution is 14.1. The van der Waals surface area contributed by atoms with Crippen molar-refractivity contribution in [3.63, 3.8) is 0 Å². The van der Waals surface area contributed by atoms with Crippen LogP contribution in [0.25, 0.3) is 0 Å². The number of aromatic nitrogens is 2. The van der Waals surface area contributed by atoms with E-state index in [1.165, 1.54) is 4.57 Å². The fraction of sp³-hybridized carbons (Fsp3) is 0.0909. The Labute approximate surface area is 107 Å². The number of hydrogen-bond acceptors (Lipinski definition) is 2. The zero-order valence-corrected chi connectivity index (χ0v) is 10.6. The van der Waals surface area contributed by atoms with Gasteiger partial charge < -0.3 is 4.74 Å². The van der Waals surface area contributed by atoms with E-state index >= 15 is 0 Å². The number of carbonyl (C=O) groups excluding carboxylic acids is 1. The van der Waals surface area contributed by atoms with Crippen molar-refractivity contribution in [2.24, 2.45) is 0 Å². The zero-order chi connectivity index (χ0) is 11.4. The van der Waals surface area contributed by atoms with Gasteiger partial charge in [0.1, 0.15) is 19.0 Å². The van der Waals surface area contributed by atoms with Crippen LogP contribution in [0, 0.1) is 0 Å². The maximum absolute atomic E-state index is 11.6. The monoisotopic (exact) mass is 329 g/mol. The second-order valence-corrected chi connectivity index (χ2v) is 4.32. The number of imidazole rings is 1. The molecule has 2 rings (SSSR count). The van der Waals surface area contributed by atoms with Crippen LogP contribution in [-0.4, -0.2) is 10.7 Å². The highest BCUT2D eigenvalue weighted by Crippen LogP contribution is 2.01. The van der Waals surface area contributed by atoms with E-state index in [1.54, 1.807) is 21.5 Å². The number of carbonyl (C=O) groups is 1. The number of benzene rings is 1. The average molecular weight is 329 g/mol. The molecule has 1 aromatic heterocycles. The third-order valence-corrected chi connectivity index (χ3v) is 2.59. The van der Waals surface area contributed by atoms with Crippen molar-refractivity contribution in [2.75, 3.05) is 0 Å². The molecule has 0 saturated carbocycles. The molecule has 82 valence electrons. The van der Waals surface area contributed by atoms with Gasteiger partial charge in [0.15, 0.2) is 0 Å². The fourth-order valence-corrected chi connectivity index (χ4v) is 1.65. The molecule has 0 spiro atoms. The topological polar surface area (TPSA) is 35.1 Å². The molecule has 0 unspecified atom stereocenters. The Hall–Kier alpha value is -1.37. The summed E-state index contributed by atoms with van der Waals surface area (Å²) in [6, 6.07) is 9.59. The Bertz CT molecular complexity index is 482. The highest BCUT2D eigenvalue weighted by atomic mass is 127. The van der Waals surface area contributed by atoms with Crippen molar-refractivity contribution < 1.29 is 12.3 Å². The molecule has 0 saturated heterocycles. The summed E-state index contributed by atoms with van der Waals surface area (Å²) in [5.74, 6) is 0. The SMILES string of the molecule is O=C(OCc1ccccc1)n1cc[n+](I)c1. The van der Waals surface area contributed by atoms with Gasteiger partial charge in [0.2, 0.25) is 22.9 Å². The van der Waals surface area contributed by atoms with Crippen LogP contribution in [0.15, 0.2) is 49.1 Å². The molecule has 4 nitrogen and oxygen atoms in total. The first-order valence-corrected chi connectivity index (χ1v) is 5.68. The van der Waals surface area contributed by atoms with Gasteiger partial charge in [-0.05, 0) is 5.56 Å². The molecule has 0 radical (unpaired) electrons. The van der Waals surface area contributed by atoms with E-state index in [4.69, 9.17) is 4.74 Å². The van der Waals surface area contributed by atoms with E-state index in [1.807, 2.05) is 30.3 Å². The first-order valence-electron chi connectivity index (χ1n) is 4.72. The second kappa shape index (κ2) is 5.11. The number of nitrogens with zero attached hydrogens (tertiary/aromatic N) is 2. The molecule has 0 N–H and O–H groups in total. The smallest absolute Gasteiger partial charge is 0.426 e. The Morgan fingerprint density at radius 3 is 2.75 bits per heavy atom. The first-order chi connectivity index (χ1) is 7.75. The first kappa shape index (κ1) is 11.1. The summed E-state index contributed by atoms with van der Waals surface area (Å²) >= 11 is 2.06. The molecular formula is C11H10IN2O2+. The molecule has 5 heteroatoms. The molecular weight excluding hydrogens is 319 g/mol.